The molecule has 1 aromatic carbocycles. The fraction of sp³-hybridized carbons (Fsp3) is 0.333. The van der Waals surface area contributed by atoms with Crippen molar-refractivity contribution in [3.05, 3.63) is 35.5 Å². The van der Waals surface area contributed by atoms with E-state index in [0.29, 0.717) is 0 Å². The van der Waals surface area contributed by atoms with Gasteiger partial charge in [0.25, 0.3) is 0 Å². The third-order valence-corrected chi connectivity index (χ3v) is 3.07. The molecule has 2 heteroatoms. The lowest BCUT2D eigenvalue weighted by molar-refractivity contribution is 0.110. The van der Waals surface area contributed by atoms with Crippen LogP contribution in [0, 0.1) is 0 Å². The molecule has 0 amide bonds. The molecule has 1 aliphatic heterocycles. The van der Waals surface area contributed by atoms with Gasteiger partial charge >= 0.3 is 0 Å². The molecule has 1 aliphatic rings. The summed E-state index contributed by atoms with van der Waals surface area (Å²) in [6, 6.07) is 8.54. The van der Waals surface area contributed by atoms with Crippen molar-refractivity contribution in [2.75, 3.05) is 6.61 Å². The van der Waals surface area contributed by atoms with E-state index in [1.54, 1.807) is 0 Å². The van der Waals surface area contributed by atoms with Crippen LogP contribution in [0.5, 0.6) is 0 Å². The molecule has 0 unspecified atom stereocenters. The largest absolute Gasteiger partial charge is 0.376 e. The normalized spacial score (nSPS) is 15.8. The Morgan fingerprint density at radius 3 is 3.07 bits per heavy atom. The highest BCUT2D eigenvalue weighted by Crippen LogP contribution is 2.28. The van der Waals surface area contributed by atoms with Gasteiger partial charge in [-0.3, -0.25) is 0 Å². The molecule has 2 heterocycles. The Balaban J connectivity index is 2.41. The molecule has 2 nitrogen and oxygen atoms in total. The van der Waals surface area contributed by atoms with Crippen molar-refractivity contribution in [1.82, 2.24) is 4.57 Å². The molecule has 0 saturated heterocycles. The van der Waals surface area contributed by atoms with Crippen molar-refractivity contribution >= 4 is 10.9 Å². The van der Waals surface area contributed by atoms with Crippen LogP contribution >= 0.6 is 0 Å². The Bertz CT molecular complexity index is 484. The van der Waals surface area contributed by atoms with Crippen molar-refractivity contribution < 1.29 is 4.74 Å². The van der Waals surface area contributed by atoms with Crippen LogP contribution in [0.3, 0.4) is 0 Å². The van der Waals surface area contributed by atoms with E-state index in [4.69, 9.17) is 4.74 Å². The van der Waals surface area contributed by atoms with Crippen molar-refractivity contribution in [1.29, 1.82) is 0 Å². The molecule has 3 rings (SSSR count). The number of aromatic nitrogens is 1. The summed E-state index contributed by atoms with van der Waals surface area (Å²) in [5, 5.41) is 1.35. The summed E-state index contributed by atoms with van der Waals surface area (Å²) >= 11 is 0. The Morgan fingerprint density at radius 1 is 1.29 bits per heavy atom. The summed E-state index contributed by atoms with van der Waals surface area (Å²) in [5.74, 6) is 0. The molecule has 0 atom stereocenters. The second-order valence-electron chi connectivity index (χ2n) is 3.80. The third kappa shape index (κ3) is 0.946. The molecule has 0 fully saturated rings. The zero-order valence-corrected chi connectivity index (χ0v) is 8.29. The van der Waals surface area contributed by atoms with Gasteiger partial charge in [0.2, 0.25) is 0 Å². The van der Waals surface area contributed by atoms with Crippen LogP contribution in [0.15, 0.2) is 24.3 Å². The van der Waals surface area contributed by atoms with Gasteiger partial charge in [-0.1, -0.05) is 18.2 Å². The van der Waals surface area contributed by atoms with E-state index in [9.17, 15) is 0 Å². The fourth-order valence-corrected chi connectivity index (χ4v) is 2.35. The lowest BCUT2D eigenvalue weighted by Crippen LogP contribution is -2.11. The smallest absolute Gasteiger partial charge is 0.0740 e. The third-order valence-electron chi connectivity index (χ3n) is 3.07. The van der Waals surface area contributed by atoms with Crippen LogP contribution in [0.4, 0.5) is 0 Å². The topological polar surface area (TPSA) is 14.2 Å². The Hall–Kier alpha value is -1.28. The highest BCUT2D eigenvalue weighted by molar-refractivity contribution is 5.85. The lowest BCUT2D eigenvalue weighted by atomic mass is 10.1. The number of hydrogen-bond donors (Lipinski definition) is 0. The first-order valence-corrected chi connectivity index (χ1v) is 5.01. The van der Waals surface area contributed by atoms with E-state index in [1.165, 1.54) is 22.2 Å². The van der Waals surface area contributed by atoms with Crippen molar-refractivity contribution in [2.24, 2.45) is 7.05 Å². The average molecular weight is 187 g/mol. The van der Waals surface area contributed by atoms with Crippen molar-refractivity contribution in [3.8, 4) is 0 Å². The van der Waals surface area contributed by atoms with Crippen LogP contribution in [0.2, 0.25) is 0 Å². The first-order chi connectivity index (χ1) is 6.88. The van der Waals surface area contributed by atoms with E-state index in [2.05, 4.69) is 35.9 Å². The minimum absolute atomic E-state index is 0.774. The maximum absolute atomic E-state index is 5.50. The first kappa shape index (κ1) is 8.06. The highest BCUT2D eigenvalue weighted by atomic mass is 16.5. The summed E-state index contributed by atoms with van der Waals surface area (Å²) in [6.07, 6.45) is 1.04. The average Bonchev–Trinajstić information content (AvgIpc) is 2.55. The number of aryl methyl sites for hydroxylation is 1. The monoisotopic (exact) mass is 187 g/mol. The minimum atomic E-state index is 0.774. The molecule has 0 saturated carbocycles. The van der Waals surface area contributed by atoms with E-state index < -0.39 is 0 Å². The molecule has 2 aromatic rings. The number of hydrogen-bond acceptors (Lipinski definition) is 1. The second kappa shape index (κ2) is 2.85. The van der Waals surface area contributed by atoms with Crippen molar-refractivity contribution in [2.45, 2.75) is 13.0 Å². The Labute approximate surface area is 83.1 Å². The van der Waals surface area contributed by atoms with Crippen LogP contribution < -0.4 is 0 Å². The summed E-state index contributed by atoms with van der Waals surface area (Å²) in [7, 11) is 2.15. The number of para-hydroxylation sites is 1. The van der Waals surface area contributed by atoms with Crippen LogP contribution in [0.25, 0.3) is 10.9 Å². The van der Waals surface area contributed by atoms with Gasteiger partial charge in [-0.2, -0.15) is 0 Å². The van der Waals surface area contributed by atoms with E-state index >= 15 is 0 Å². The predicted molar refractivity (Wildman–Crippen MR) is 56.3 cm³/mol. The summed E-state index contributed by atoms with van der Waals surface area (Å²) in [4.78, 5) is 0. The fourth-order valence-electron chi connectivity index (χ4n) is 2.35. The van der Waals surface area contributed by atoms with Gasteiger partial charge in [0, 0.05) is 35.6 Å². The van der Waals surface area contributed by atoms with Crippen LogP contribution in [-0.2, 0) is 24.8 Å². The maximum Gasteiger partial charge on any atom is 0.0740 e. The highest BCUT2D eigenvalue weighted by Gasteiger charge is 2.17. The van der Waals surface area contributed by atoms with E-state index in [-0.39, 0.29) is 0 Å². The van der Waals surface area contributed by atoms with E-state index in [1.807, 2.05) is 0 Å². The number of ether oxygens (including phenoxy) is 1. The predicted octanol–water partition coefficient (Wildman–Crippen LogP) is 2.25. The van der Waals surface area contributed by atoms with Gasteiger partial charge in [-0.25, -0.2) is 0 Å². The Kier molecular flexibility index (Phi) is 1.64. The van der Waals surface area contributed by atoms with Gasteiger partial charge < -0.3 is 9.30 Å². The molecule has 0 N–H and O–H groups in total. The number of nitrogens with zero attached hydrogens (tertiary/aromatic N) is 1. The summed E-state index contributed by atoms with van der Waals surface area (Å²) in [5.41, 5.74) is 4.15. The SMILES string of the molecule is Cn1c2c(c3ccccc31)COCC2. The molecular formula is C12H13NO. The number of benzene rings is 1. The summed E-state index contributed by atoms with van der Waals surface area (Å²) in [6.45, 7) is 1.63. The standard InChI is InChI=1S/C12H13NO/c1-13-11-5-3-2-4-9(11)10-8-14-7-6-12(10)13/h2-5H,6-8H2,1H3. The van der Waals surface area contributed by atoms with E-state index in [0.717, 1.165) is 19.6 Å². The Morgan fingerprint density at radius 2 is 2.14 bits per heavy atom. The molecule has 0 spiro atoms. The number of fused-ring (bicyclic) bond motifs is 3. The number of rotatable bonds is 0. The minimum Gasteiger partial charge on any atom is -0.376 e. The van der Waals surface area contributed by atoms with Crippen molar-refractivity contribution in [3.63, 3.8) is 0 Å². The van der Waals surface area contributed by atoms with Crippen LogP contribution in [-0.4, -0.2) is 11.2 Å². The molecule has 0 radical (unpaired) electrons. The first-order valence-electron chi connectivity index (χ1n) is 5.01. The summed E-state index contributed by atoms with van der Waals surface area (Å²) < 4.78 is 7.80. The van der Waals surface area contributed by atoms with Gasteiger partial charge in [0.15, 0.2) is 0 Å². The molecule has 1 aromatic heterocycles. The molecule has 0 bridgehead atoms. The lowest BCUT2D eigenvalue weighted by Gasteiger charge is -2.13. The molecule has 0 aliphatic carbocycles. The van der Waals surface area contributed by atoms with Crippen LogP contribution in [0.1, 0.15) is 11.3 Å². The van der Waals surface area contributed by atoms with Gasteiger partial charge in [-0.05, 0) is 6.07 Å². The zero-order chi connectivity index (χ0) is 9.54. The van der Waals surface area contributed by atoms with Gasteiger partial charge in [-0.15, -0.1) is 0 Å². The molecule has 14 heavy (non-hydrogen) atoms. The van der Waals surface area contributed by atoms with Gasteiger partial charge in [0.1, 0.15) is 0 Å². The quantitative estimate of drug-likeness (QED) is 0.617. The second-order valence-corrected chi connectivity index (χ2v) is 3.80. The van der Waals surface area contributed by atoms with Gasteiger partial charge in [0.05, 0.1) is 13.2 Å². The maximum atomic E-state index is 5.50. The molecule has 72 valence electrons. The molecular weight excluding hydrogens is 174 g/mol. The zero-order valence-electron chi connectivity index (χ0n) is 8.29.